The quantitative estimate of drug-likeness (QED) is 0.548. The van der Waals surface area contributed by atoms with Crippen molar-refractivity contribution in [2.45, 2.75) is 58.7 Å². The lowest BCUT2D eigenvalue weighted by molar-refractivity contribution is -0.141. The zero-order valence-electron chi connectivity index (χ0n) is 17.6. The molecular weight excluding hydrogens is 443 g/mol. The van der Waals surface area contributed by atoms with Gasteiger partial charge in [-0.3, -0.25) is 9.59 Å². The molecule has 1 atom stereocenters. The SMILES string of the molecule is CC[C@@H](C(=O)NC(C)(C)C)N(Cc1ccccc1Cl)C(=O)Cc1ccc(Cl)c(Cl)c1. The standard InChI is InChI=1S/C23H27Cl3N2O2/c1-5-20(22(30)27-23(2,3)4)28(14-16-8-6-7-9-17(16)24)21(29)13-15-10-11-18(25)19(26)12-15/h6-12,20H,5,13-14H2,1-4H3,(H,27,30)/t20-/m0/s1. The summed E-state index contributed by atoms with van der Waals surface area (Å²) in [7, 11) is 0. The minimum Gasteiger partial charge on any atom is -0.350 e. The first-order chi connectivity index (χ1) is 14.0. The fourth-order valence-corrected chi connectivity index (χ4v) is 3.62. The van der Waals surface area contributed by atoms with Crippen molar-refractivity contribution < 1.29 is 9.59 Å². The molecule has 0 aliphatic carbocycles. The largest absolute Gasteiger partial charge is 0.350 e. The average Bonchev–Trinajstić information content (AvgIpc) is 2.64. The van der Waals surface area contributed by atoms with E-state index in [1.807, 2.05) is 45.9 Å². The van der Waals surface area contributed by atoms with Crippen LogP contribution in [-0.2, 0) is 22.6 Å². The molecule has 0 saturated carbocycles. The molecule has 0 spiro atoms. The highest BCUT2D eigenvalue weighted by atomic mass is 35.5. The molecule has 0 unspecified atom stereocenters. The summed E-state index contributed by atoms with van der Waals surface area (Å²) in [6, 6.07) is 11.8. The van der Waals surface area contributed by atoms with Crippen molar-refractivity contribution in [1.82, 2.24) is 10.2 Å². The first-order valence-electron chi connectivity index (χ1n) is 9.80. The number of amides is 2. The maximum atomic E-state index is 13.3. The number of benzene rings is 2. The van der Waals surface area contributed by atoms with Crippen LogP contribution in [0.25, 0.3) is 0 Å². The molecule has 162 valence electrons. The second-order valence-corrected chi connectivity index (χ2v) is 9.42. The van der Waals surface area contributed by atoms with Crippen LogP contribution in [0.3, 0.4) is 0 Å². The van der Waals surface area contributed by atoms with Gasteiger partial charge in [0.05, 0.1) is 16.5 Å². The predicted molar refractivity (Wildman–Crippen MR) is 124 cm³/mol. The number of carbonyl (C=O) groups excluding carboxylic acids is 2. The van der Waals surface area contributed by atoms with Gasteiger partial charge < -0.3 is 10.2 Å². The number of nitrogens with zero attached hydrogens (tertiary/aromatic N) is 1. The fraction of sp³-hybridized carbons (Fsp3) is 0.391. The van der Waals surface area contributed by atoms with E-state index >= 15 is 0 Å². The highest BCUT2D eigenvalue weighted by molar-refractivity contribution is 6.42. The summed E-state index contributed by atoms with van der Waals surface area (Å²) in [6.45, 7) is 7.85. The normalized spacial score (nSPS) is 12.4. The predicted octanol–water partition coefficient (Wildman–Crippen LogP) is 5.91. The van der Waals surface area contributed by atoms with Crippen molar-refractivity contribution in [3.05, 3.63) is 68.7 Å². The van der Waals surface area contributed by atoms with Gasteiger partial charge in [-0.1, -0.05) is 66.0 Å². The molecule has 0 aliphatic rings. The molecule has 30 heavy (non-hydrogen) atoms. The zero-order valence-corrected chi connectivity index (χ0v) is 19.9. The van der Waals surface area contributed by atoms with E-state index in [1.165, 1.54) is 0 Å². The van der Waals surface area contributed by atoms with Crippen LogP contribution in [0.4, 0.5) is 0 Å². The van der Waals surface area contributed by atoms with Crippen LogP contribution in [0.5, 0.6) is 0 Å². The molecule has 2 amide bonds. The third-order valence-corrected chi connectivity index (χ3v) is 5.63. The van der Waals surface area contributed by atoms with Crippen LogP contribution in [0.1, 0.15) is 45.2 Å². The highest BCUT2D eigenvalue weighted by Gasteiger charge is 2.31. The number of hydrogen-bond acceptors (Lipinski definition) is 2. The van der Waals surface area contributed by atoms with E-state index in [2.05, 4.69) is 5.32 Å². The third-order valence-electron chi connectivity index (χ3n) is 4.52. The van der Waals surface area contributed by atoms with Gasteiger partial charge in [0, 0.05) is 17.1 Å². The summed E-state index contributed by atoms with van der Waals surface area (Å²) < 4.78 is 0. The van der Waals surface area contributed by atoms with E-state index in [4.69, 9.17) is 34.8 Å². The Morgan fingerprint density at radius 3 is 2.23 bits per heavy atom. The summed E-state index contributed by atoms with van der Waals surface area (Å²) in [5, 5.41) is 4.35. The van der Waals surface area contributed by atoms with Crippen molar-refractivity contribution in [1.29, 1.82) is 0 Å². The number of nitrogens with one attached hydrogen (secondary N) is 1. The molecule has 1 N–H and O–H groups in total. The van der Waals surface area contributed by atoms with E-state index in [0.717, 1.165) is 11.1 Å². The van der Waals surface area contributed by atoms with Gasteiger partial charge in [0.25, 0.3) is 0 Å². The molecule has 0 radical (unpaired) electrons. The Balaban J connectivity index is 2.35. The second kappa shape index (κ2) is 10.5. The summed E-state index contributed by atoms with van der Waals surface area (Å²) in [5.41, 5.74) is 1.10. The molecule has 0 heterocycles. The van der Waals surface area contributed by atoms with E-state index < -0.39 is 11.6 Å². The van der Waals surface area contributed by atoms with E-state index in [0.29, 0.717) is 21.5 Å². The number of carbonyl (C=O) groups is 2. The monoisotopic (exact) mass is 468 g/mol. The molecule has 4 nitrogen and oxygen atoms in total. The highest BCUT2D eigenvalue weighted by Crippen LogP contribution is 2.24. The van der Waals surface area contributed by atoms with Gasteiger partial charge >= 0.3 is 0 Å². The molecule has 2 aromatic rings. The Kier molecular flexibility index (Phi) is 8.60. The molecule has 2 aromatic carbocycles. The number of rotatable bonds is 7. The lowest BCUT2D eigenvalue weighted by Gasteiger charge is -2.33. The Bertz CT molecular complexity index is 910. The summed E-state index contributed by atoms with van der Waals surface area (Å²) >= 11 is 18.4. The smallest absolute Gasteiger partial charge is 0.243 e. The molecule has 2 rings (SSSR count). The first kappa shape index (κ1) is 24.5. The summed E-state index contributed by atoms with van der Waals surface area (Å²) in [5.74, 6) is -0.385. The van der Waals surface area contributed by atoms with Crippen LogP contribution >= 0.6 is 34.8 Å². The molecule has 0 bridgehead atoms. The van der Waals surface area contributed by atoms with Gasteiger partial charge in [0.1, 0.15) is 6.04 Å². The number of hydrogen-bond donors (Lipinski definition) is 1. The maximum absolute atomic E-state index is 13.3. The van der Waals surface area contributed by atoms with Gasteiger partial charge in [-0.25, -0.2) is 0 Å². The Labute approximate surface area is 193 Å². The lowest BCUT2D eigenvalue weighted by atomic mass is 10.0. The molecule has 0 aromatic heterocycles. The van der Waals surface area contributed by atoms with Crippen LogP contribution in [0, 0.1) is 0 Å². The zero-order chi connectivity index (χ0) is 22.5. The topological polar surface area (TPSA) is 49.4 Å². The van der Waals surface area contributed by atoms with Crippen molar-refractivity contribution in [3.8, 4) is 0 Å². The first-order valence-corrected chi connectivity index (χ1v) is 10.9. The minimum atomic E-state index is -0.629. The van der Waals surface area contributed by atoms with Crippen LogP contribution < -0.4 is 5.32 Å². The molecule has 0 saturated heterocycles. The van der Waals surface area contributed by atoms with Crippen LogP contribution in [0.15, 0.2) is 42.5 Å². The molecule has 0 aliphatic heterocycles. The third kappa shape index (κ3) is 6.90. The second-order valence-electron chi connectivity index (χ2n) is 8.20. The fourth-order valence-electron chi connectivity index (χ4n) is 3.11. The van der Waals surface area contributed by atoms with Crippen molar-refractivity contribution in [3.63, 3.8) is 0 Å². The van der Waals surface area contributed by atoms with Gasteiger partial charge in [-0.2, -0.15) is 0 Å². The molecular formula is C23H27Cl3N2O2. The maximum Gasteiger partial charge on any atom is 0.243 e. The Morgan fingerprint density at radius 1 is 1.00 bits per heavy atom. The summed E-state index contributed by atoms with van der Waals surface area (Å²) in [4.78, 5) is 27.9. The minimum absolute atomic E-state index is 0.0979. The number of halogens is 3. The Hall–Kier alpha value is -1.75. The van der Waals surface area contributed by atoms with E-state index in [-0.39, 0.29) is 24.8 Å². The molecule has 0 fully saturated rings. The van der Waals surface area contributed by atoms with Crippen molar-refractivity contribution >= 4 is 46.6 Å². The van der Waals surface area contributed by atoms with Crippen molar-refractivity contribution in [2.24, 2.45) is 0 Å². The van der Waals surface area contributed by atoms with Gasteiger partial charge in [0.2, 0.25) is 11.8 Å². The van der Waals surface area contributed by atoms with Crippen molar-refractivity contribution in [2.75, 3.05) is 0 Å². The average molecular weight is 470 g/mol. The van der Waals surface area contributed by atoms with Crippen LogP contribution in [-0.4, -0.2) is 28.3 Å². The van der Waals surface area contributed by atoms with E-state index in [9.17, 15) is 9.59 Å². The Morgan fingerprint density at radius 2 is 1.67 bits per heavy atom. The lowest BCUT2D eigenvalue weighted by Crippen LogP contribution is -2.53. The van der Waals surface area contributed by atoms with Crippen LogP contribution in [0.2, 0.25) is 15.1 Å². The van der Waals surface area contributed by atoms with E-state index in [1.54, 1.807) is 29.2 Å². The molecule has 7 heteroatoms. The summed E-state index contributed by atoms with van der Waals surface area (Å²) in [6.07, 6.45) is 0.570. The van der Waals surface area contributed by atoms with Gasteiger partial charge in [-0.05, 0) is 56.5 Å². The van der Waals surface area contributed by atoms with Gasteiger partial charge in [0.15, 0.2) is 0 Å². The van der Waals surface area contributed by atoms with Gasteiger partial charge in [-0.15, -0.1) is 0 Å².